The van der Waals surface area contributed by atoms with Crippen LogP contribution in [0.1, 0.15) is 25.0 Å². The van der Waals surface area contributed by atoms with Gasteiger partial charge in [0.2, 0.25) is 0 Å². The largest absolute Gasteiger partial charge is 0.457 e. The molecule has 0 aliphatic heterocycles. The van der Waals surface area contributed by atoms with Crippen LogP contribution in [0.4, 0.5) is 0 Å². The molecule has 2 nitrogen and oxygen atoms in total. The van der Waals surface area contributed by atoms with Gasteiger partial charge in [-0.25, -0.2) is 0 Å². The fraction of sp³-hybridized carbons (Fsp3) is 0.214. The van der Waals surface area contributed by atoms with E-state index in [4.69, 9.17) is 4.74 Å². The Labute approximate surface area is 96.2 Å². The van der Waals surface area contributed by atoms with Crippen LogP contribution in [-0.2, 0) is 9.53 Å². The molecule has 16 heavy (non-hydrogen) atoms. The van der Waals surface area contributed by atoms with E-state index in [2.05, 4.69) is 13.2 Å². The Balaban J connectivity index is 2.83. The Bertz CT molecular complexity index is 379. The summed E-state index contributed by atoms with van der Waals surface area (Å²) in [4.78, 5) is 11.0. The zero-order valence-corrected chi connectivity index (χ0v) is 9.48. The summed E-state index contributed by atoms with van der Waals surface area (Å²) in [5.74, 6) is -0.286. The van der Waals surface area contributed by atoms with E-state index in [0.29, 0.717) is 6.42 Å². The second kappa shape index (κ2) is 5.91. The Hall–Kier alpha value is -1.83. The summed E-state index contributed by atoms with van der Waals surface area (Å²) < 4.78 is 5.26. The van der Waals surface area contributed by atoms with Gasteiger partial charge in [-0.1, -0.05) is 55.1 Å². The highest BCUT2D eigenvalue weighted by molar-refractivity contribution is 5.66. The number of allylic oxidation sites excluding steroid dienone is 1. The molecule has 0 aliphatic carbocycles. The molecule has 1 aromatic carbocycles. The fourth-order valence-electron chi connectivity index (χ4n) is 1.42. The molecule has 1 unspecified atom stereocenters. The number of hydrogen-bond donors (Lipinski definition) is 0. The first-order valence-corrected chi connectivity index (χ1v) is 5.16. The summed E-state index contributed by atoms with van der Waals surface area (Å²) in [6, 6.07) is 9.63. The van der Waals surface area contributed by atoms with E-state index in [0.717, 1.165) is 11.1 Å². The Morgan fingerprint density at radius 2 is 2.06 bits per heavy atom. The Kier molecular flexibility index (Phi) is 4.52. The summed E-state index contributed by atoms with van der Waals surface area (Å²) in [5, 5.41) is 0. The van der Waals surface area contributed by atoms with Crippen LogP contribution in [0.15, 0.2) is 55.1 Å². The molecule has 0 aliphatic rings. The zero-order valence-electron chi connectivity index (χ0n) is 9.48. The first kappa shape index (κ1) is 12.2. The van der Waals surface area contributed by atoms with Crippen molar-refractivity contribution in [1.82, 2.24) is 0 Å². The lowest BCUT2D eigenvalue weighted by molar-refractivity contribution is -0.146. The first-order valence-electron chi connectivity index (χ1n) is 5.16. The van der Waals surface area contributed by atoms with Gasteiger partial charge in [0, 0.05) is 13.3 Å². The highest BCUT2D eigenvalue weighted by Crippen LogP contribution is 2.24. The van der Waals surface area contributed by atoms with E-state index in [9.17, 15) is 4.79 Å². The number of benzene rings is 1. The molecule has 0 radical (unpaired) electrons. The van der Waals surface area contributed by atoms with E-state index in [-0.39, 0.29) is 12.1 Å². The van der Waals surface area contributed by atoms with Crippen molar-refractivity contribution >= 4 is 5.97 Å². The first-order chi connectivity index (χ1) is 7.63. The van der Waals surface area contributed by atoms with Gasteiger partial charge in [-0.15, -0.1) is 0 Å². The maximum absolute atomic E-state index is 11.0. The van der Waals surface area contributed by atoms with E-state index >= 15 is 0 Å². The smallest absolute Gasteiger partial charge is 0.303 e. The van der Waals surface area contributed by atoms with Crippen LogP contribution in [0.25, 0.3) is 0 Å². The van der Waals surface area contributed by atoms with Crippen LogP contribution in [0.2, 0.25) is 0 Å². The molecule has 0 aromatic heterocycles. The molecule has 0 saturated carbocycles. The van der Waals surface area contributed by atoms with Gasteiger partial charge < -0.3 is 4.74 Å². The predicted octanol–water partition coefficient (Wildman–Crippen LogP) is 3.42. The molecular formula is C14H16O2. The van der Waals surface area contributed by atoms with E-state index in [1.165, 1.54) is 6.92 Å². The quantitative estimate of drug-likeness (QED) is 0.557. The van der Waals surface area contributed by atoms with Crippen LogP contribution in [0.5, 0.6) is 0 Å². The van der Waals surface area contributed by atoms with Gasteiger partial charge >= 0.3 is 5.97 Å². The van der Waals surface area contributed by atoms with Gasteiger partial charge in [0.1, 0.15) is 6.10 Å². The molecule has 84 valence electrons. The van der Waals surface area contributed by atoms with Crippen molar-refractivity contribution in [3.8, 4) is 0 Å². The van der Waals surface area contributed by atoms with Gasteiger partial charge in [-0.3, -0.25) is 4.79 Å². The van der Waals surface area contributed by atoms with Crippen LogP contribution in [-0.4, -0.2) is 5.97 Å². The molecule has 2 heteroatoms. The fourth-order valence-corrected chi connectivity index (χ4v) is 1.42. The summed E-state index contributed by atoms with van der Waals surface area (Å²) >= 11 is 0. The summed E-state index contributed by atoms with van der Waals surface area (Å²) in [6.45, 7) is 8.89. The topological polar surface area (TPSA) is 26.3 Å². The normalized spacial score (nSPS) is 11.6. The van der Waals surface area contributed by atoms with Crippen molar-refractivity contribution in [2.45, 2.75) is 19.4 Å². The van der Waals surface area contributed by atoms with Gasteiger partial charge in [0.15, 0.2) is 0 Å². The third-order valence-corrected chi connectivity index (χ3v) is 2.22. The molecule has 1 rings (SSSR count). The maximum Gasteiger partial charge on any atom is 0.303 e. The van der Waals surface area contributed by atoms with E-state index in [1.54, 1.807) is 6.08 Å². The van der Waals surface area contributed by atoms with Crippen LogP contribution >= 0.6 is 0 Å². The lowest BCUT2D eigenvalue weighted by Gasteiger charge is -2.17. The van der Waals surface area contributed by atoms with Crippen molar-refractivity contribution in [1.29, 1.82) is 0 Å². The highest BCUT2D eigenvalue weighted by Gasteiger charge is 2.14. The van der Waals surface area contributed by atoms with Crippen molar-refractivity contribution in [3.05, 3.63) is 60.7 Å². The number of ether oxygens (including phenoxy) is 1. The maximum atomic E-state index is 11.0. The highest BCUT2D eigenvalue weighted by atomic mass is 16.5. The molecular weight excluding hydrogens is 200 g/mol. The average molecular weight is 216 g/mol. The lowest BCUT2D eigenvalue weighted by atomic mass is 10.0. The third kappa shape index (κ3) is 3.73. The van der Waals surface area contributed by atoms with Gasteiger partial charge in [-0.05, 0) is 5.56 Å². The van der Waals surface area contributed by atoms with Crippen molar-refractivity contribution in [3.63, 3.8) is 0 Å². The second-order valence-electron chi connectivity index (χ2n) is 3.58. The number of esters is 1. The Morgan fingerprint density at radius 3 is 2.56 bits per heavy atom. The van der Waals surface area contributed by atoms with Crippen molar-refractivity contribution < 1.29 is 9.53 Å². The minimum atomic E-state index is -0.286. The average Bonchev–Trinajstić information content (AvgIpc) is 2.28. The molecule has 1 atom stereocenters. The molecule has 0 amide bonds. The summed E-state index contributed by atoms with van der Waals surface area (Å²) in [5.41, 5.74) is 1.83. The van der Waals surface area contributed by atoms with E-state index in [1.807, 2.05) is 30.3 Å². The molecule has 0 saturated heterocycles. The van der Waals surface area contributed by atoms with E-state index < -0.39 is 0 Å². The standard InChI is InChI=1S/C14H16O2/c1-4-11(2)10-14(16-12(3)15)13-8-6-5-7-9-13/h4-9,14H,1-2,10H2,3H3. The molecule has 0 fully saturated rings. The zero-order chi connectivity index (χ0) is 12.0. The van der Waals surface area contributed by atoms with Crippen LogP contribution in [0, 0.1) is 0 Å². The lowest BCUT2D eigenvalue weighted by Crippen LogP contribution is -2.08. The van der Waals surface area contributed by atoms with Crippen molar-refractivity contribution in [2.75, 3.05) is 0 Å². The number of carbonyl (C=O) groups excluding carboxylic acids is 1. The van der Waals surface area contributed by atoms with Crippen LogP contribution < -0.4 is 0 Å². The number of rotatable bonds is 5. The number of hydrogen-bond acceptors (Lipinski definition) is 2. The second-order valence-corrected chi connectivity index (χ2v) is 3.58. The predicted molar refractivity (Wildman–Crippen MR) is 64.9 cm³/mol. The third-order valence-electron chi connectivity index (χ3n) is 2.22. The minimum absolute atomic E-state index is 0.274. The van der Waals surface area contributed by atoms with Gasteiger partial charge in [0.05, 0.1) is 0 Å². The monoisotopic (exact) mass is 216 g/mol. The SMILES string of the molecule is C=CC(=C)CC(OC(C)=O)c1ccccc1. The molecule has 0 spiro atoms. The molecule has 0 heterocycles. The summed E-state index contributed by atoms with van der Waals surface area (Å²) in [7, 11) is 0. The van der Waals surface area contributed by atoms with Gasteiger partial charge in [0.25, 0.3) is 0 Å². The number of carbonyl (C=O) groups is 1. The molecule has 0 N–H and O–H groups in total. The summed E-state index contributed by atoms with van der Waals surface area (Å²) in [6.07, 6.45) is 1.98. The van der Waals surface area contributed by atoms with Gasteiger partial charge in [-0.2, -0.15) is 0 Å². The van der Waals surface area contributed by atoms with Crippen LogP contribution in [0.3, 0.4) is 0 Å². The molecule has 0 bridgehead atoms. The minimum Gasteiger partial charge on any atom is -0.457 e. The van der Waals surface area contributed by atoms with Crippen molar-refractivity contribution in [2.24, 2.45) is 0 Å². The Morgan fingerprint density at radius 1 is 1.44 bits per heavy atom. The molecule has 1 aromatic rings.